The molecule has 1 aromatic heterocycles. The van der Waals surface area contributed by atoms with Crippen LogP contribution in [0.4, 0.5) is 4.39 Å². The summed E-state index contributed by atoms with van der Waals surface area (Å²) >= 11 is 0. The van der Waals surface area contributed by atoms with Crippen LogP contribution in [-0.2, 0) is 25.6 Å². The van der Waals surface area contributed by atoms with Gasteiger partial charge in [0.2, 0.25) is 23.6 Å². The van der Waals surface area contributed by atoms with Crippen LogP contribution in [-0.4, -0.2) is 116 Å². The summed E-state index contributed by atoms with van der Waals surface area (Å²) in [5, 5.41) is 19.7. The quantitative estimate of drug-likeness (QED) is 0.0523. The van der Waals surface area contributed by atoms with Crippen LogP contribution in [0, 0.1) is 24.1 Å². The van der Waals surface area contributed by atoms with Crippen molar-refractivity contribution in [3.8, 4) is 45.8 Å². The molecule has 20 heteroatoms. The molecule has 67 heavy (non-hydrogen) atoms. The zero-order valence-electron chi connectivity index (χ0n) is 38.0. The second-order valence-electron chi connectivity index (χ2n) is 15.7. The summed E-state index contributed by atoms with van der Waals surface area (Å²) in [4.78, 5) is 80.0. The van der Waals surface area contributed by atoms with Gasteiger partial charge < -0.3 is 57.6 Å². The molecule has 10 N–H and O–H groups in total. The number of nitrogens with two attached hydrogens (primary N) is 3. The molecule has 0 radical (unpaired) electrons. The monoisotopic (exact) mass is 923 g/mol. The average Bonchev–Trinajstić information content (AvgIpc) is 3.31. The number of carbonyl (C=O) groups excluding carboxylic acids is 5. The number of fused-ring (bicyclic) bond motifs is 5. The molecule has 4 bridgehead atoms. The zero-order chi connectivity index (χ0) is 48.6. The number of amides is 5. The molecule has 0 saturated heterocycles. The van der Waals surface area contributed by atoms with Gasteiger partial charge in [0.25, 0.3) is 5.91 Å². The summed E-state index contributed by atoms with van der Waals surface area (Å²) in [7, 11) is 1.38. The fourth-order valence-electron chi connectivity index (χ4n) is 7.28. The second kappa shape index (κ2) is 24.4. The lowest BCUT2D eigenvalue weighted by atomic mass is 9.93. The van der Waals surface area contributed by atoms with Gasteiger partial charge in [-0.2, -0.15) is 5.26 Å². The molecule has 356 valence electrons. The predicted octanol–water partition coefficient (Wildman–Crippen LogP) is 1.94. The van der Waals surface area contributed by atoms with Crippen LogP contribution in [0.15, 0.2) is 60.8 Å². The third-order valence-corrected chi connectivity index (χ3v) is 10.8. The Morgan fingerprint density at radius 2 is 1.60 bits per heavy atom. The van der Waals surface area contributed by atoms with E-state index in [9.17, 15) is 28.4 Å². The first-order chi connectivity index (χ1) is 32.2. The van der Waals surface area contributed by atoms with E-state index in [4.69, 9.17) is 36.7 Å². The first-order valence-corrected chi connectivity index (χ1v) is 22.0. The first kappa shape index (κ1) is 50.8. The van der Waals surface area contributed by atoms with E-state index in [2.05, 4.69) is 31.2 Å². The Bertz CT molecular complexity index is 2470. The van der Waals surface area contributed by atoms with E-state index in [1.165, 1.54) is 32.3 Å². The Kier molecular flexibility index (Phi) is 18.5. The number of ether oxygens (including phenoxy) is 3. The maximum absolute atomic E-state index is 14.9. The van der Waals surface area contributed by atoms with Crippen molar-refractivity contribution in [1.82, 2.24) is 36.1 Å². The number of nitrogens with zero attached hydrogens (tertiary/aromatic N) is 4. The van der Waals surface area contributed by atoms with Crippen molar-refractivity contribution in [1.29, 1.82) is 5.26 Å². The summed E-state index contributed by atoms with van der Waals surface area (Å²) in [5.74, 6) is -3.17. The molecule has 19 nitrogen and oxygen atoms in total. The van der Waals surface area contributed by atoms with Gasteiger partial charge in [0.1, 0.15) is 55.4 Å². The second-order valence-corrected chi connectivity index (χ2v) is 15.7. The molecule has 0 aliphatic carbocycles. The third kappa shape index (κ3) is 13.0. The molecule has 1 aliphatic rings. The van der Waals surface area contributed by atoms with Crippen molar-refractivity contribution >= 4 is 29.5 Å². The molecule has 0 fully saturated rings. The maximum atomic E-state index is 14.9. The van der Waals surface area contributed by atoms with E-state index in [1.54, 1.807) is 49.4 Å². The Hall–Kier alpha value is -7.21. The molecule has 5 amide bonds. The number of benzene rings is 3. The number of rotatable bonds is 19. The molecule has 2 heterocycles. The first-order valence-electron chi connectivity index (χ1n) is 22.0. The van der Waals surface area contributed by atoms with Crippen LogP contribution in [0.5, 0.6) is 17.2 Å². The van der Waals surface area contributed by atoms with Gasteiger partial charge in [-0.1, -0.05) is 25.5 Å². The Morgan fingerprint density at radius 3 is 2.24 bits per heavy atom. The van der Waals surface area contributed by atoms with Crippen molar-refractivity contribution in [3.05, 3.63) is 89.0 Å². The SMILES string of the molecule is CCCCOc1ccc(-c2ncc(C(=O)NC(CCN)C(=O)N(C)C3C(=O)NC(C)C(=O)NC(C(=O)NCC#N)Cc4ccc(OCCN)c(c4)-c4cc3ccc4OCCN)c(C)n2)cc1F. The van der Waals surface area contributed by atoms with Crippen LogP contribution in [0.25, 0.3) is 22.5 Å². The highest BCUT2D eigenvalue weighted by atomic mass is 19.1. The van der Waals surface area contributed by atoms with Crippen LogP contribution >= 0.6 is 0 Å². The van der Waals surface area contributed by atoms with E-state index in [-0.39, 0.29) is 80.6 Å². The molecule has 5 rings (SSSR count). The van der Waals surface area contributed by atoms with Crippen LogP contribution < -0.4 is 52.7 Å². The number of likely N-dealkylation sites (N-methyl/N-ethyl adjacent to an activating group) is 1. The number of aromatic nitrogens is 2. The summed E-state index contributed by atoms with van der Waals surface area (Å²) in [6, 6.07) is 11.1. The van der Waals surface area contributed by atoms with Crippen molar-refractivity contribution in [2.24, 2.45) is 17.2 Å². The summed E-state index contributed by atoms with van der Waals surface area (Å²) < 4.78 is 32.6. The van der Waals surface area contributed by atoms with E-state index < -0.39 is 59.5 Å². The van der Waals surface area contributed by atoms with Crippen LogP contribution in [0.2, 0.25) is 0 Å². The fourth-order valence-corrected chi connectivity index (χ4v) is 7.28. The summed E-state index contributed by atoms with van der Waals surface area (Å²) in [6.07, 6.45) is 2.88. The lowest BCUT2D eigenvalue weighted by molar-refractivity contribution is -0.141. The molecule has 0 spiro atoms. The van der Waals surface area contributed by atoms with Crippen LogP contribution in [0.1, 0.15) is 66.3 Å². The Morgan fingerprint density at radius 1 is 0.925 bits per heavy atom. The van der Waals surface area contributed by atoms with Gasteiger partial charge >= 0.3 is 0 Å². The largest absolute Gasteiger partial charge is 0.492 e. The number of nitriles is 1. The van der Waals surface area contributed by atoms with Gasteiger partial charge in [0.05, 0.1) is 23.9 Å². The summed E-state index contributed by atoms with van der Waals surface area (Å²) in [5.41, 5.74) is 20.0. The van der Waals surface area contributed by atoms with Gasteiger partial charge in [-0.05, 0) is 86.8 Å². The number of hydrogen-bond donors (Lipinski definition) is 7. The molecule has 1 aliphatic heterocycles. The normalized spacial score (nSPS) is 16.3. The van der Waals surface area contributed by atoms with Gasteiger partial charge in [-0.3, -0.25) is 24.0 Å². The van der Waals surface area contributed by atoms with E-state index in [1.807, 2.05) is 13.0 Å². The smallest absolute Gasteiger partial charge is 0.255 e. The topological polar surface area (TPSA) is 292 Å². The van der Waals surface area contributed by atoms with Gasteiger partial charge in [0.15, 0.2) is 17.4 Å². The lowest BCUT2D eigenvalue weighted by Gasteiger charge is -2.32. The van der Waals surface area contributed by atoms with Gasteiger partial charge in [-0.15, -0.1) is 0 Å². The van der Waals surface area contributed by atoms with Crippen LogP contribution in [0.3, 0.4) is 0 Å². The number of aryl methyl sites for hydroxylation is 1. The third-order valence-electron chi connectivity index (χ3n) is 10.8. The Balaban J connectivity index is 1.53. The Labute approximate surface area is 388 Å². The minimum Gasteiger partial charge on any atom is -0.492 e. The molecule has 0 saturated carbocycles. The molecule has 4 atom stereocenters. The molecule has 4 aromatic rings. The minimum absolute atomic E-state index is 0.0146. The molecule has 3 aromatic carbocycles. The van der Waals surface area contributed by atoms with Gasteiger partial charge in [0, 0.05) is 49.4 Å². The van der Waals surface area contributed by atoms with E-state index in [0.717, 1.165) is 17.7 Å². The number of halogens is 1. The molecular weight excluding hydrogens is 866 g/mol. The fraction of sp³-hybridized carbons (Fsp3) is 0.404. The van der Waals surface area contributed by atoms with Crippen molar-refractivity contribution in [2.45, 2.75) is 70.6 Å². The standard InChI is InChI=1S/C47H58FN11O8/c1-5-6-19-65-40-12-9-31(25-35(40)48)42-54-26-34(27(2)55-42)44(61)57-36(13-14-49)47(64)59(4)41-30-8-11-39(67-21-17-52)33(24-30)32-22-29(7-10-38(32)66-20-16-51)23-37(45(62)53-18-15-50)58-43(60)28(3)56-46(41)63/h7-12,22,24-26,28,36-37,41H,5-6,13-14,16-21,23,49,51-52H2,1-4H3,(H,53,62)(H,56,63)(H,57,61)(H,58,60). The number of carbonyl (C=O) groups is 5. The van der Waals surface area contributed by atoms with Crippen molar-refractivity contribution < 1.29 is 42.6 Å². The number of hydrogen-bond acceptors (Lipinski definition) is 14. The highest BCUT2D eigenvalue weighted by Crippen LogP contribution is 2.40. The minimum atomic E-state index is -1.44. The van der Waals surface area contributed by atoms with E-state index >= 15 is 0 Å². The highest BCUT2D eigenvalue weighted by Gasteiger charge is 2.36. The average molecular weight is 924 g/mol. The summed E-state index contributed by atoms with van der Waals surface area (Å²) in [6.45, 7) is 5.61. The number of nitrogens with one attached hydrogen (secondary N) is 4. The van der Waals surface area contributed by atoms with Crippen molar-refractivity contribution in [3.63, 3.8) is 0 Å². The molecular formula is C47H58FN11O8. The lowest BCUT2D eigenvalue weighted by Crippen LogP contribution is -2.56. The molecule has 4 unspecified atom stereocenters. The maximum Gasteiger partial charge on any atom is 0.255 e. The zero-order valence-corrected chi connectivity index (χ0v) is 38.0. The highest BCUT2D eigenvalue weighted by molar-refractivity contribution is 6.00. The predicted molar refractivity (Wildman–Crippen MR) is 246 cm³/mol. The van der Waals surface area contributed by atoms with Crippen molar-refractivity contribution in [2.75, 3.05) is 53.0 Å². The van der Waals surface area contributed by atoms with E-state index in [0.29, 0.717) is 40.4 Å². The van der Waals surface area contributed by atoms with Gasteiger partial charge in [-0.25, -0.2) is 14.4 Å². The number of unbranched alkanes of at least 4 members (excludes halogenated alkanes) is 1.